The van der Waals surface area contributed by atoms with Crippen molar-refractivity contribution in [1.29, 1.82) is 0 Å². The van der Waals surface area contributed by atoms with Gasteiger partial charge in [-0.25, -0.2) is 4.79 Å². The molecule has 9 nitrogen and oxygen atoms in total. The minimum Gasteiger partial charge on any atom is -0.465 e. The van der Waals surface area contributed by atoms with E-state index < -0.39 is 24.3 Å². The average molecular weight is 369 g/mol. The molecule has 0 aromatic rings. The number of hydrogen-bond acceptors (Lipinski definition) is 5. The average Bonchev–Trinajstić information content (AvgIpc) is 3.35. The molecule has 3 atom stereocenters. The molecule has 9 heteroatoms. The zero-order valence-electron chi connectivity index (χ0n) is 15.0. The van der Waals surface area contributed by atoms with Crippen molar-refractivity contribution in [3.05, 3.63) is 0 Å². The highest BCUT2D eigenvalue weighted by Gasteiger charge is 2.51. The van der Waals surface area contributed by atoms with Gasteiger partial charge in [-0.05, 0) is 31.6 Å². The maximum absolute atomic E-state index is 12.4. The number of piperazine rings is 1. The van der Waals surface area contributed by atoms with Crippen LogP contribution in [0, 0.1) is 5.41 Å². The fourth-order valence-corrected chi connectivity index (χ4v) is 4.01. The predicted octanol–water partition coefficient (Wildman–Crippen LogP) is -0.678. The highest BCUT2D eigenvalue weighted by molar-refractivity contribution is 5.86. The summed E-state index contributed by atoms with van der Waals surface area (Å²) in [5.74, 6) is -0.592. The number of piperidine rings is 1. The first kappa shape index (κ1) is 18.9. The lowest BCUT2D eigenvalue weighted by Crippen LogP contribution is -2.58. The smallest absolute Gasteiger partial charge is 0.408 e. The Balaban J connectivity index is 1.48. The molecule has 3 N–H and O–H groups in total. The normalized spacial score (nSPS) is 29.0. The highest BCUT2D eigenvalue weighted by atomic mass is 16.4. The molecule has 0 aromatic carbocycles. The minimum absolute atomic E-state index is 0.00268. The van der Waals surface area contributed by atoms with E-state index in [9.17, 15) is 24.6 Å². The van der Waals surface area contributed by atoms with Crippen molar-refractivity contribution in [3.8, 4) is 0 Å². The van der Waals surface area contributed by atoms with Gasteiger partial charge in [-0.1, -0.05) is 0 Å². The number of aliphatic hydroxyl groups excluding tert-OH is 2. The van der Waals surface area contributed by atoms with E-state index in [2.05, 4.69) is 0 Å². The topological polar surface area (TPSA) is 122 Å². The van der Waals surface area contributed by atoms with Crippen molar-refractivity contribution in [1.82, 2.24) is 14.7 Å². The van der Waals surface area contributed by atoms with Gasteiger partial charge in [-0.3, -0.25) is 14.5 Å². The number of rotatable bonds is 4. The Morgan fingerprint density at radius 3 is 2.50 bits per heavy atom. The van der Waals surface area contributed by atoms with Crippen molar-refractivity contribution in [2.24, 2.45) is 5.41 Å². The lowest BCUT2D eigenvalue weighted by molar-refractivity contribution is -0.144. The lowest BCUT2D eigenvalue weighted by Gasteiger charge is -2.39. The molecule has 1 spiro atoms. The van der Waals surface area contributed by atoms with Crippen LogP contribution >= 0.6 is 0 Å². The number of carbonyl (C=O) groups is 3. The molecule has 0 aromatic heterocycles. The van der Waals surface area contributed by atoms with Crippen LogP contribution in [0.4, 0.5) is 4.79 Å². The van der Waals surface area contributed by atoms with E-state index >= 15 is 0 Å². The van der Waals surface area contributed by atoms with Crippen molar-refractivity contribution < 1.29 is 29.7 Å². The van der Waals surface area contributed by atoms with Crippen LogP contribution in [0.3, 0.4) is 0 Å². The van der Waals surface area contributed by atoms with E-state index in [-0.39, 0.29) is 43.3 Å². The van der Waals surface area contributed by atoms with Crippen LogP contribution in [0.15, 0.2) is 0 Å². The molecule has 146 valence electrons. The molecule has 1 saturated carbocycles. The Morgan fingerprint density at radius 2 is 1.92 bits per heavy atom. The molecule has 2 heterocycles. The second-order valence-corrected chi connectivity index (χ2v) is 7.76. The first-order chi connectivity index (χ1) is 12.2. The summed E-state index contributed by atoms with van der Waals surface area (Å²) < 4.78 is 0. The molecule has 2 aliphatic heterocycles. The first-order valence-electron chi connectivity index (χ1n) is 9.16. The Bertz CT molecular complexity index is 593. The summed E-state index contributed by atoms with van der Waals surface area (Å²) >= 11 is 0. The summed E-state index contributed by atoms with van der Waals surface area (Å²) in [5, 5.41) is 29.5. The third kappa shape index (κ3) is 3.64. The quantitative estimate of drug-likeness (QED) is 0.604. The van der Waals surface area contributed by atoms with Crippen LogP contribution in [0.1, 0.15) is 32.6 Å². The summed E-state index contributed by atoms with van der Waals surface area (Å²) in [6.07, 6.45) is 0.0678. The second-order valence-electron chi connectivity index (χ2n) is 7.76. The Hall–Kier alpha value is -1.87. The molecule has 1 aliphatic carbocycles. The van der Waals surface area contributed by atoms with Gasteiger partial charge in [0.05, 0.1) is 18.6 Å². The van der Waals surface area contributed by atoms with Gasteiger partial charge < -0.3 is 25.1 Å². The standard InChI is InChI=1S/C17H27N3O6/c1-11-15(24)19(6-7-20(11)16(25)26)9-12(21)8-14(23)18-5-4-17(2-3-17)13(22)10-18/h11-13,21-22H,2-10H2,1H3,(H,25,26). The summed E-state index contributed by atoms with van der Waals surface area (Å²) in [7, 11) is 0. The van der Waals surface area contributed by atoms with Crippen LogP contribution < -0.4 is 0 Å². The third-order valence-electron chi connectivity index (χ3n) is 6.06. The van der Waals surface area contributed by atoms with Crippen LogP contribution in [-0.2, 0) is 9.59 Å². The second kappa shape index (κ2) is 7.03. The van der Waals surface area contributed by atoms with E-state index in [4.69, 9.17) is 5.11 Å². The maximum Gasteiger partial charge on any atom is 0.408 e. The van der Waals surface area contributed by atoms with Gasteiger partial charge in [-0.15, -0.1) is 0 Å². The largest absolute Gasteiger partial charge is 0.465 e. The molecule has 3 amide bonds. The molecule has 2 saturated heterocycles. The number of β-amino-alcohol motifs (C(OH)–C–C–N with tert-alkyl or cyclic N) is 2. The van der Waals surface area contributed by atoms with Gasteiger partial charge >= 0.3 is 6.09 Å². The number of carbonyl (C=O) groups excluding carboxylic acids is 2. The third-order valence-corrected chi connectivity index (χ3v) is 6.06. The van der Waals surface area contributed by atoms with Crippen LogP contribution in [0.5, 0.6) is 0 Å². The van der Waals surface area contributed by atoms with E-state index in [1.165, 1.54) is 11.8 Å². The number of aliphatic hydroxyl groups is 2. The molecular weight excluding hydrogens is 342 g/mol. The molecule has 0 bridgehead atoms. The van der Waals surface area contributed by atoms with Crippen LogP contribution in [-0.4, -0.2) is 98.9 Å². The number of nitrogens with zero attached hydrogens (tertiary/aromatic N) is 3. The van der Waals surface area contributed by atoms with Gasteiger partial charge in [-0.2, -0.15) is 0 Å². The number of carboxylic acid groups (broad SMARTS) is 1. The summed E-state index contributed by atoms with van der Waals surface area (Å²) in [4.78, 5) is 39.8. The van der Waals surface area contributed by atoms with Gasteiger partial charge in [0.2, 0.25) is 11.8 Å². The van der Waals surface area contributed by atoms with E-state index in [1.54, 1.807) is 4.90 Å². The lowest BCUT2D eigenvalue weighted by atomic mass is 9.90. The molecule has 3 fully saturated rings. The first-order valence-corrected chi connectivity index (χ1v) is 9.16. The molecule has 3 aliphatic rings. The summed E-state index contributed by atoms with van der Waals surface area (Å²) in [6.45, 7) is 2.80. The van der Waals surface area contributed by atoms with Gasteiger partial charge in [0.25, 0.3) is 0 Å². The van der Waals surface area contributed by atoms with Gasteiger partial charge in [0, 0.05) is 32.7 Å². The van der Waals surface area contributed by atoms with Crippen molar-refractivity contribution in [2.75, 3.05) is 32.7 Å². The Morgan fingerprint density at radius 1 is 1.23 bits per heavy atom. The molecular formula is C17H27N3O6. The molecule has 26 heavy (non-hydrogen) atoms. The van der Waals surface area contributed by atoms with Crippen molar-refractivity contribution >= 4 is 17.9 Å². The maximum atomic E-state index is 12.4. The van der Waals surface area contributed by atoms with Gasteiger partial charge in [0.15, 0.2) is 0 Å². The minimum atomic E-state index is -1.14. The number of hydrogen-bond donors (Lipinski definition) is 3. The van der Waals surface area contributed by atoms with Crippen LogP contribution in [0.2, 0.25) is 0 Å². The van der Waals surface area contributed by atoms with E-state index in [0.29, 0.717) is 13.1 Å². The summed E-state index contributed by atoms with van der Waals surface area (Å²) in [6, 6.07) is -0.795. The number of amides is 3. The SMILES string of the molecule is CC1C(=O)N(CC(O)CC(=O)N2CCC3(CC3)C(O)C2)CCN1C(=O)O. The molecule has 3 rings (SSSR count). The fourth-order valence-electron chi connectivity index (χ4n) is 4.01. The van der Waals surface area contributed by atoms with Crippen molar-refractivity contribution in [3.63, 3.8) is 0 Å². The molecule has 3 unspecified atom stereocenters. The molecule has 0 radical (unpaired) electrons. The van der Waals surface area contributed by atoms with Gasteiger partial charge in [0.1, 0.15) is 6.04 Å². The zero-order valence-corrected chi connectivity index (χ0v) is 15.0. The predicted molar refractivity (Wildman–Crippen MR) is 90.3 cm³/mol. The Labute approximate surface area is 152 Å². The highest BCUT2D eigenvalue weighted by Crippen LogP contribution is 2.53. The summed E-state index contributed by atoms with van der Waals surface area (Å²) in [5.41, 5.74) is 0.0156. The zero-order chi connectivity index (χ0) is 19.1. The van der Waals surface area contributed by atoms with Crippen molar-refractivity contribution in [2.45, 2.75) is 50.9 Å². The fraction of sp³-hybridized carbons (Fsp3) is 0.824. The van der Waals surface area contributed by atoms with E-state index in [1.807, 2.05) is 0 Å². The monoisotopic (exact) mass is 369 g/mol. The van der Waals surface area contributed by atoms with E-state index in [0.717, 1.165) is 24.2 Å². The van der Waals surface area contributed by atoms with Crippen LogP contribution in [0.25, 0.3) is 0 Å². The Kier molecular flexibility index (Phi) is 5.12. The number of likely N-dealkylation sites (tertiary alicyclic amines) is 1.